The van der Waals surface area contributed by atoms with Gasteiger partial charge in [0.15, 0.2) is 0 Å². The van der Waals surface area contributed by atoms with Gasteiger partial charge in [-0.25, -0.2) is 0 Å². The van der Waals surface area contributed by atoms with E-state index in [1.165, 1.54) is 0 Å². The molecule has 1 unspecified atom stereocenters. The van der Waals surface area contributed by atoms with Crippen LogP contribution in [0.5, 0.6) is 0 Å². The predicted molar refractivity (Wildman–Crippen MR) is 65.1 cm³/mol. The zero-order chi connectivity index (χ0) is 11.7. The number of aryl methyl sites for hydroxylation is 2. The zero-order valence-corrected chi connectivity index (χ0v) is 10.9. The van der Waals surface area contributed by atoms with E-state index in [2.05, 4.69) is 21.0 Å². The van der Waals surface area contributed by atoms with Gasteiger partial charge in [-0.2, -0.15) is 5.10 Å². The Morgan fingerprint density at radius 1 is 1.62 bits per heavy atom. The Hall–Kier alpha value is -1.07. The fourth-order valence-corrected chi connectivity index (χ4v) is 2.26. The van der Waals surface area contributed by atoms with Gasteiger partial charge >= 0.3 is 0 Å². The van der Waals surface area contributed by atoms with Crippen molar-refractivity contribution in [3.05, 3.63) is 40.0 Å². The van der Waals surface area contributed by atoms with Crippen molar-refractivity contribution in [2.24, 2.45) is 5.73 Å². The van der Waals surface area contributed by atoms with E-state index in [0.717, 1.165) is 28.0 Å². The van der Waals surface area contributed by atoms with Crippen molar-refractivity contribution in [2.45, 2.75) is 26.4 Å². The predicted octanol–water partition coefficient (Wildman–Crippen LogP) is 2.62. The summed E-state index contributed by atoms with van der Waals surface area (Å²) in [5.41, 5.74) is 8.14. The SMILES string of the molecule is CCn1ncc(Br)c1C(N)c1coc(C)c1. The largest absolute Gasteiger partial charge is 0.469 e. The van der Waals surface area contributed by atoms with Crippen LogP contribution in [0.2, 0.25) is 0 Å². The highest BCUT2D eigenvalue weighted by atomic mass is 79.9. The summed E-state index contributed by atoms with van der Waals surface area (Å²) in [4.78, 5) is 0. The number of rotatable bonds is 3. The van der Waals surface area contributed by atoms with Crippen molar-refractivity contribution in [3.63, 3.8) is 0 Å². The van der Waals surface area contributed by atoms with E-state index in [9.17, 15) is 0 Å². The van der Waals surface area contributed by atoms with Crippen molar-refractivity contribution < 1.29 is 4.42 Å². The molecule has 1 atom stereocenters. The molecule has 4 nitrogen and oxygen atoms in total. The van der Waals surface area contributed by atoms with Crippen LogP contribution in [-0.4, -0.2) is 9.78 Å². The number of halogens is 1. The molecular formula is C11H14BrN3O. The van der Waals surface area contributed by atoms with Crippen LogP contribution in [-0.2, 0) is 6.54 Å². The molecule has 0 amide bonds. The maximum Gasteiger partial charge on any atom is 0.101 e. The summed E-state index contributed by atoms with van der Waals surface area (Å²) >= 11 is 3.47. The number of aromatic nitrogens is 2. The fraction of sp³-hybridized carbons (Fsp3) is 0.364. The van der Waals surface area contributed by atoms with Crippen LogP contribution in [0.4, 0.5) is 0 Å². The zero-order valence-electron chi connectivity index (χ0n) is 9.27. The maximum absolute atomic E-state index is 6.20. The van der Waals surface area contributed by atoms with Gasteiger partial charge in [-0.15, -0.1) is 0 Å². The summed E-state index contributed by atoms with van der Waals surface area (Å²) in [6.45, 7) is 4.74. The summed E-state index contributed by atoms with van der Waals surface area (Å²) in [6, 6.07) is 1.73. The number of furan rings is 1. The average Bonchev–Trinajstić information content (AvgIpc) is 2.83. The van der Waals surface area contributed by atoms with Gasteiger partial charge in [0.2, 0.25) is 0 Å². The molecule has 0 aliphatic rings. The van der Waals surface area contributed by atoms with E-state index in [0.29, 0.717) is 0 Å². The van der Waals surface area contributed by atoms with Crippen LogP contribution in [0.3, 0.4) is 0 Å². The monoisotopic (exact) mass is 283 g/mol. The van der Waals surface area contributed by atoms with Gasteiger partial charge in [-0.1, -0.05) is 0 Å². The number of hydrogen-bond donors (Lipinski definition) is 1. The summed E-state index contributed by atoms with van der Waals surface area (Å²) in [5.74, 6) is 0.865. The van der Waals surface area contributed by atoms with Gasteiger partial charge in [0.05, 0.1) is 28.7 Å². The quantitative estimate of drug-likeness (QED) is 0.942. The summed E-state index contributed by atoms with van der Waals surface area (Å²) in [7, 11) is 0. The van der Waals surface area contributed by atoms with Gasteiger partial charge in [-0.05, 0) is 35.8 Å². The Kier molecular flexibility index (Phi) is 3.16. The van der Waals surface area contributed by atoms with E-state index in [-0.39, 0.29) is 6.04 Å². The third-order valence-electron chi connectivity index (χ3n) is 2.54. The molecule has 2 aromatic rings. The molecular weight excluding hydrogens is 270 g/mol. The lowest BCUT2D eigenvalue weighted by Crippen LogP contribution is -2.17. The maximum atomic E-state index is 6.20. The van der Waals surface area contributed by atoms with Gasteiger partial charge in [0, 0.05) is 12.1 Å². The molecule has 2 N–H and O–H groups in total. The highest BCUT2D eigenvalue weighted by Crippen LogP contribution is 2.27. The second-order valence-electron chi connectivity index (χ2n) is 3.66. The third-order valence-corrected chi connectivity index (χ3v) is 3.15. The molecule has 0 aliphatic heterocycles. The highest BCUT2D eigenvalue weighted by Gasteiger charge is 2.19. The smallest absolute Gasteiger partial charge is 0.101 e. The normalized spacial score (nSPS) is 13.0. The number of nitrogens with zero attached hydrogens (tertiary/aromatic N) is 2. The summed E-state index contributed by atoms with van der Waals surface area (Å²) in [6.07, 6.45) is 3.46. The van der Waals surface area contributed by atoms with Gasteiger partial charge in [0.1, 0.15) is 5.76 Å². The van der Waals surface area contributed by atoms with Crippen LogP contribution in [0.25, 0.3) is 0 Å². The minimum absolute atomic E-state index is 0.214. The lowest BCUT2D eigenvalue weighted by atomic mass is 10.1. The van der Waals surface area contributed by atoms with E-state index in [1.54, 1.807) is 12.5 Å². The van der Waals surface area contributed by atoms with E-state index in [1.807, 2.05) is 24.6 Å². The average molecular weight is 284 g/mol. The molecule has 0 radical (unpaired) electrons. The van der Waals surface area contributed by atoms with Crippen molar-refractivity contribution in [1.82, 2.24) is 9.78 Å². The Morgan fingerprint density at radius 2 is 2.38 bits per heavy atom. The second kappa shape index (κ2) is 4.43. The van der Waals surface area contributed by atoms with Crippen LogP contribution >= 0.6 is 15.9 Å². The number of nitrogens with two attached hydrogens (primary N) is 1. The highest BCUT2D eigenvalue weighted by molar-refractivity contribution is 9.10. The van der Waals surface area contributed by atoms with Crippen LogP contribution in [0.1, 0.15) is 30.0 Å². The fourth-order valence-electron chi connectivity index (χ4n) is 1.72. The van der Waals surface area contributed by atoms with Crippen molar-refractivity contribution >= 4 is 15.9 Å². The molecule has 0 aromatic carbocycles. The van der Waals surface area contributed by atoms with Gasteiger partial charge in [-0.3, -0.25) is 4.68 Å². The first kappa shape index (κ1) is 11.4. The first-order valence-corrected chi connectivity index (χ1v) is 5.94. The van der Waals surface area contributed by atoms with E-state index in [4.69, 9.17) is 10.2 Å². The van der Waals surface area contributed by atoms with E-state index < -0.39 is 0 Å². The molecule has 5 heteroatoms. The molecule has 0 saturated heterocycles. The van der Waals surface area contributed by atoms with Crippen molar-refractivity contribution in [1.29, 1.82) is 0 Å². The number of hydrogen-bond acceptors (Lipinski definition) is 3. The second-order valence-corrected chi connectivity index (χ2v) is 4.52. The Bertz CT molecular complexity index is 489. The Balaban J connectivity index is 2.40. The first-order chi connectivity index (χ1) is 7.63. The standard InChI is InChI=1S/C11H14BrN3O/c1-3-15-11(9(12)5-14-15)10(13)8-4-7(2)16-6-8/h4-6,10H,3,13H2,1-2H3. The molecule has 0 saturated carbocycles. The Morgan fingerprint density at radius 3 is 2.94 bits per heavy atom. The molecule has 16 heavy (non-hydrogen) atoms. The minimum Gasteiger partial charge on any atom is -0.469 e. The van der Waals surface area contributed by atoms with E-state index >= 15 is 0 Å². The molecule has 0 spiro atoms. The first-order valence-electron chi connectivity index (χ1n) is 5.15. The van der Waals surface area contributed by atoms with Crippen molar-refractivity contribution in [3.8, 4) is 0 Å². The summed E-state index contributed by atoms with van der Waals surface area (Å²) < 4.78 is 8.09. The third kappa shape index (κ3) is 1.92. The van der Waals surface area contributed by atoms with Crippen LogP contribution in [0.15, 0.2) is 27.4 Å². The molecule has 2 rings (SSSR count). The van der Waals surface area contributed by atoms with Crippen molar-refractivity contribution in [2.75, 3.05) is 0 Å². The van der Waals surface area contributed by atoms with Crippen LogP contribution in [0, 0.1) is 6.92 Å². The molecule has 2 aromatic heterocycles. The topological polar surface area (TPSA) is 57.0 Å². The van der Waals surface area contributed by atoms with Gasteiger partial charge < -0.3 is 10.2 Å². The molecule has 0 aliphatic carbocycles. The minimum atomic E-state index is -0.214. The molecule has 0 fully saturated rings. The lowest BCUT2D eigenvalue weighted by molar-refractivity contribution is 0.528. The molecule has 2 heterocycles. The summed E-state index contributed by atoms with van der Waals surface area (Å²) in [5, 5.41) is 4.25. The molecule has 0 bridgehead atoms. The van der Waals surface area contributed by atoms with Gasteiger partial charge in [0.25, 0.3) is 0 Å². The Labute approximate surface area is 103 Å². The van der Waals surface area contributed by atoms with Crippen LogP contribution < -0.4 is 5.73 Å². The lowest BCUT2D eigenvalue weighted by Gasteiger charge is -2.12. The molecule has 86 valence electrons.